The highest BCUT2D eigenvalue weighted by molar-refractivity contribution is 6.06. The molecule has 0 aliphatic carbocycles. The van der Waals surface area contributed by atoms with E-state index in [1.807, 2.05) is 0 Å². The molecule has 0 unspecified atom stereocenters. The minimum Gasteiger partial charge on any atom is -0.496 e. The lowest BCUT2D eigenvalue weighted by atomic mass is 10.1. The lowest BCUT2D eigenvalue weighted by molar-refractivity contribution is -0.173. The largest absolute Gasteiger partial charge is 0.496 e. The first-order valence-electron chi connectivity index (χ1n) is 7.20. The Morgan fingerprint density at radius 1 is 1.04 bits per heavy atom. The van der Waals surface area contributed by atoms with E-state index >= 15 is 0 Å². The van der Waals surface area contributed by atoms with Gasteiger partial charge in [-0.05, 0) is 23.8 Å². The Labute approximate surface area is 141 Å². The molecule has 2 amide bonds. The molecule has 0 bridgehead atoms. The summed E-state index contributed by atoms with van der Waals surface area (Å²) in [5.74, 6) is -2.16. The summed E-state index contributed by atoms with van der Waals surface area (Å²) >= 11 is 0. The maximum Gasteiger partial charge on any atom is 0.471 e. The molecule has 0 saturated carbocycles. The first kappa shape index (κ1) is 18.3. The third-order valence-corrected chi connectivity index (χ3v) is 3.31. The van der Waals surface area contributed by atoms with Crippen molar-refractivity contribution in [2.75, 3.05) is 12.4 Å². The molecule has 0 aliphatic rings. The number of rotatable bonds is 5. The summed E-state index contributed by atoms with van der Waals surface area (Å²) in [5.41, 5.74) is 0.906. The number of halogens is 3. The SMILES string of the molecule is COc1ccccc1C(=O)Nc1ccccc1CNC(=O)C(F)(F)F. The fraction of sp³-hybridized carbons (Fsp3) is 0.176. The molecule has 2 aromatic rings. The van der Waals surface area contributed by atoms with Crippen molar-refractivity contribution >= 4 is 17.5 Å². The third kappa shape index (κ3) is 4.72. The molecule has 5 nitrogen and oxygen atoms in total. The predicted molar refractivity (Wildman–Crippen MR) is 85.3 cm³/mol. The topological polar surface area (TPSA) is 67.4 Å². The van der Waals surface area contributed by atoms with E-state index in [2.05, 4.69) is 5.32 Å². The predicted octanol–water partition coefficient (Wildman–Crippen LogP) is 3.13. The second-order valence-electron chi connectivity index (χ2n) is 4.99. The van der Waals surface area contributed by atoms with Crippen LogP contribution in [-0.4, -0.2) is 25.1 Å². The number of nitrogens with one attached hydrogen (secondary N) is 2. The van der Waals surface area contributed by atoms with Crippen LogP contribution >= 0.6 is 0 Å². The molecule has 0 aliphatic heterocycles. The number of carbonyl (C=O) groups excluding carboxylic acids is 2. The molecule has 0 heterocycles. The van der Waals surface area contributed by atoms with Gasteiger partial charge in [0.25, 0.3) is 5.91 Å². The van der Waals surface area contributed by atoms with Crippen molar-refractivity contribution in [1.82, 2.24) is 5.32 Å². The lowest BCUT2D eigenvalue weighted by Gasteiger charge is -2.14. The monoisotopic (exact) mass is 352 g/mol. The van der Waals surface area contributed by atoms with E-state index in [0.717, 1.165) is 0 Å². The average molecular weight is 352 g/mol. The maximum absolute atomic E-state index is 12.4. The number of ether oxygens (including phenoxy) is 1. The molecule has 2 rings (SSSR count). The maximum atomic E-state index is 12.4. The van der Waals surface area contributed by atoms with Gasteiger partial charge in [0.1, 0.15) is 5.75 Å². The van der Waals surface area contributed by atoms with Crippen molar-refractivity contribution in [2.45, 2.75) is 12.7 Å². The standard InChI is InChI=1S/C17H15F3N2O3/c1-25-14-9-5-3-7-12(14)15(23)22-13-8-4-2-6-11(13)10-21-16(24)17(18,19)20/h2-9H,10H2,1H3,(H,21,24)(H,22,23). The number of methoxy groups -OCH3 is 1. The number of amides is 2. The van der Waals surface area contributed by atoms with Crippen LogP contribution in [0.5, 0.6) is 5.75 Å². The molecule has 0 spiro atoms. The molecule has 2 N–H and O–H groups in total. The zero-order valence-electron chi connectivity index (χ0n) is 13.2. The second kappa shape index (κ2) is 7.69. The summed E-state index contributed by atoms with van der Waals surface area (Å²) in [6, 6.07) is 12.8. The summed E-state index contributed by atoms with van der Waals surface area (Å²) in [7, 11) is 1.42. The van der Waals surface area contributed by atoms with Crippen LogP contribution in [0.15, 0.2) is 48.5 Å². The van der Waals surface area contributed by atoms with Gasteiger partial charge in [0.2, 0.25) is 0 Å². The van der Waals surface area contributed by atoms with Crippen molar-refractivity contribution in [3.05, 3.63) is 59.7 Å². The summed E-state index contributed by atoms with van der Waals surface area (Å²) < 4.78 is 41.9. The van der Waals surface area contributed by atoms with Gasteiger partial charge < -0.3 is 15.4 Å². The Morgan fingerprint density at radius 2 is 1.68 bits per heavy atom. The molecule has 0 fully saturated rings. The lowest BCUT2D eigenvalue weighted by Crippen LogP contribution is -2.36. The van der Waals surface area contributed by atoms with Crippen LogP contribution < -0.4 is 15.4 Å². The Balaban J connectivity index is 2.15. The Morgan fingerprint density at radius 3 is 2.36 bits per heavy atom. The third-order valence-electron chi connectivity index (χ3n) is 3.31. The van der Waals surface area contributed by atoms with E-state index < -0.39 is 18.0 Å². The summed E-state index contributed by atoms with van der Waals surface area (Å²) in [4.78, 5) is 23.3. The van der Waals surface area contributed by atoms with Crippen LogP contribution in [-0.2, 0) is 11.3 Å². The Kier molecular flexibility index (Phi) is 5.63. The van der Waals surface area contributed by atoms with E-state index in [4.69, 9.17) is 4.74 Å². The van der Waals surface area contributed by atoms with Gasteiger partial charge in [0.05, 0.1) is 12.7 Å². The Hall–Kier alpha value is -3.03. The van der Waals surface area contributed by atoms with Gasteiger partial charge >= 0.3 is 12.1 Å². The number of alkyl halides is 3. The van der Waals surface area contributed by atoms with Crippen LogP contribution in [0.1, 0.15) is 15.9 Å². The van der Waals surface area contributed by atoms with E-state index in [-0.39, 0.29) is 12.1 Å². The van der Waals surface area contributed by atoms with Crippen molar-refractivity contribution in [3.8, 4) is 5.75 Å². The van der Waals surface area contributed by atoms with E-state index in [0.29, 0.717) is 17.0 Å². The van der Waals surface area contributed by atoms with Gasteiger partial charge in [0.15, 0.2) is 0 Å². The number of benzene rings is 2. The normalized spacial score (nSPS) is 10.9. The zero-order valence-corrected chi connectivity index (χ0v) is 13.2. The highest BCUT2D eigenvalue weighted by Crippen LogP contribution is 2.21. The van der Waals surface area contributed by atoms with Crippen LogP contribution in [0.3, 0.4) is 0 Å². The van der Waals surface area contributed by atoms with Gasteiger partial charge in [-0.1, -0.05) is 30.3 Å². The second-order valence-corrected chi connectivity index (χ2v) is 4.99. The van der Waals surface area contributed by atoms with Gasteiger partial charge in [0, 0.05) is 12.2 Å². The highest BCUT2D eigenvalue weighted by atomic mass is 19.4. The first-order valence-corrected chi connectivity index (χ1v) is 7.20. The molecule has 25 heavy (non-hydrogen) atoms. The van der Waals surface area contributed by atoms with Crippen LogP contribution in [0, 0.1) is 0 Å². The molecule has 2 aromatic carbocycles. The molecule has 8 heteroatoms. The van der Waals surface area contributed by atoms with E-state index in [9.17, 15) is 22.8 Å². The van der Waals surface area contributed by atoms with Crippen LogP contribution in [0.4, 0.5) is 18.9 Å². The van der Waals surface area contributed by atoms with Crippen LogP contribution in [0.25, 0.3) is 0 Å². The molecule has 0 radical (unpaired) electrons. The fourth-order valence-electron chi connectivity index (χ4n) is 2.09. The minimum atomic E-state index is -4.96. The van der Waals surface area contributed by atoms with Gasteiger partial charge in [-0.3, -0.25) is 9.59 Å². The number of carbonyl (C=O) groups is 2. The van der Waals surface area contributed by atoms with E-state index in [1.165, 1.54) is 19.2 Å². The zero-order chi connectivity index (χ0) is 18.4. The number of hydrogen-bond donors (Lipinski definition) is 2. The smallest absolute Gasteiger partial charge is 0.471 e. The van der Waals surface area contributed by atoms with Crippen LogP contribution in [0.2, 0.25) is 0 Å². The number of hydrogen-bond acceptors (Lipinski definition) is 3. The molecule has 0 saturated heterocycles. The molecule has 0 aromatic heterocycles. The summed E-state index contributed by atoms with van der Waals surface area (Å²) in [6.45, 7) is -0.374. The summed E-state index contributed by atoms with van der Waals surface area (Å²) in [5, 5.41) is 4.39. The van der Waals surface area contributed by atoms with Crippen molar-refractivity contribution in [1.29, 1.82) is 0 Å². The Bertz CT molecular complexity index is 776. The molecule has 0 atom stereocenters. The van der Waals surface area contributed by atoms with Gasteiger partial charge in [-0.2, -0.15) is 13.2 Å². The summed E-state index contributed by atoms with van der Waals surface area (Å²) in [6.07, 6.45) is -4.96. The first-order chi connectivity index (χ1) is 11.8. The number of para-hydroxylation sites is 2. The van der Waals surface area contributed by atoms with E-state index in [1.54, 1.807) is 41.7 Å². The van der Waals surface area contributed by atoms with Crippen molar-refractivity contribution < 1.29 is 27.5 Å². The quantitative estimate of drug-likeness (QED) is 0.869. The van der Waals surface area contributed by atoms with Gasteiger partial charge in [-0.15, -0.1) is 0 Å². The molecular weight excluding hydrogens is 337 g/mol. The van der Waals surface area contributed by atoms with Crippen molar-refractivity contribution in [3.63, 3.8) is 0 Å². The number of anilines is 1. The van der Waals surface area contributed by atoms with Crippen molar-refractivity contribution in [2.24, 2.45) is 0 Å². The molecular formula is C17H15F3N2O3. The van der Waals surface area contributed by atoms with Gasteiger partial charge in [-0.25, -0.2) is 0 Å². The molecule has 132 valence electrons. The average Bonchev–Trinajstić information content (AvgIpc) is 2.59. The fourth-order valence-corrected chi connectivity index (χ4v) is 2.09. The highest BCUT2D eigenvalue weighted by Gasteiger charge is 2.38. The minimum absolute atomic E-state index is 0.277.